The standard InChI is InChI=1S/C9H8F2NO3/c1-2-15-9(13)5-3-8(12-14)7(11)4-6(5)10/h3-4,12H,2H2,1H3/q-1. The molecular weight excluding hydrogens is 208 g/mol. The average molecular weight is 216 g/mol. The zero-order chi connectivity index (χ0) is 11.4. The number of halogens is 2. The third kappa shape index (κ3) is 2.41. The number of rotatable bonds is 3. The first-order valence-corrected chi connectivity index (χ1v) is 4.14. The van der Waals surface area contributed by atoms with E-state index in [2.05, 4.69) is 4.74 Å². The van der Waals surface area contributed by atoms with Crippen LogP contribution in [0.3, 0.4) is 0 Å². The molecule has 0 saturated carbocycles. The molecule has 1 aromatic carbocycles. The van der Waals surface area contributed by atoms with Crippen LogP contribution >= 0.6 is 0 Å². The largest absolute Gasteiger partial charge is 0.761 e. The fourth-order valence-electron chi connectivity index (χ4n) is 0.992. The molecule has 0 aliphatic rings. The second-order valence-corrected chi connectivity index (χ2v) is 2.63. The van der Waals surface area contributed by atoms with Crippen LogP contribution < -0.4 is 5.48 Å². The second-order valence-electron chi connectivity index (χ2n) is 2.63. The van der Waals surface area contributed by atoms with Crippen molar-refractivity contribution in [2.24, 2.45) is 0 Å². The van der Waals surface area contributed by atoms with Gasteiger partial charge in [0.05, 0.1) is 17.9 Å². The summed E-state index contributed by atoms with van der Waals surface area (Å²) >= 11 is 0. The van der Waals surface area contributed by atoms with E-state index in [4.69, 9.17) is 0 Å². The number of benzene rings is 1. The Kier molecular flexibility index (Phi) is 3.56. The van der Waals surface area contributed by atoms with Gasteiger partial charge < -0.3 is 15.4 Å². The number of esters is 1. The Labute approximate surface area is 84.4 Å². The maximum atomic E-state index is 13.1. The lowest BCUT2D eigenvalue weighted by Gasteiger charge is -2.12. The zero-order valence-corrected chi connectivity index (χ0v) is 7.84. The highest BCUT2D eigenvalue weighted by atomic mass is 19.1. The van der Waals surface area contributed by atoms with Crippen LogP contribution in [0.5, 0.6) is 0 Å². The van der Waals surface area contributed by atoms with Crippen LogP contribution in [0.15, 0.2) is 12.1 Å². The molecule has 1 N–H and O–H groups in total. The first-order valence-electron chi connectivity index (χ1n) is 4.14. The predicted octanol–water partition coefficient (Wildman–Crippen LogP) is 2.05. The third-order valence-corrected chi connectivity index (χ3v) is 1.66. The molecule has 0 aromatic heterocycles. The minimum atomic E-state index is -1.06. The SMILES string of the molecule is CCOC(=O)c1cc(N[O-])c(F)cc1F. The van der Waals surface area contributed by atoms with E-state index in [0.29, 0.717) is 6.07 Å². The highest BCUT2D eigenvalue weighted by Gasteiger charge is 2.15. The average Bonchev–Trinajstić information content (AvgIpc) is 2.18. The van der Waals surface area contributed by atoms with Gasteiger partial charge in [-0.25, -0.2) is 13.6 Å². The quantitative estimate of drug-likeness (QED) is 0.620. The molecule has 0 bridgehead atoms. The molecule has 0 fully saturated rings. The molecule has 0 saturated heterocycles. The number of anilines is 1. The topological polar surface area (TPSA) is 61.4 Å². The zero-order valence-electron chi connectivity index (χ0n) is 7.84. The van der Waals surface area contributed by atoms with Gasteiger partial charge in [-0.3, -0.25) is 0 Å². The van der Waals surface area contributed by atoms with E-state index in [0.717, 1.165) is 6.07 Å². The van der Waals surface area contributed by atoms with Crippen LogP contribution in [0.25, 0.3) is 0 Å². The van der Waals surface area contributed by atoms with Crippen molar-refractivity contribution in [3.05, 3.63) is 34.5 Å². The number of nitrogens with one attached hydrogen (secondary N) is 1. The molecule has 0 unspecified atom stereocenters. The summed E-state index contributed by atoms with van der Waals surface area (Å²) in [5.74, 6) is -3.06. The monoisotopic (exact) mass is 216 g/mol. The van der Waals surface area contributed by atoms with Crippen molar-refractivity contribution >= 4 is 11.7 Å². The molecular formula is C9H8F2NO3-. The fraction of sp³-hybridized carbons (Fsp3) is 0.222. The summed E-state index contributed by atoms with van der Waals surface area (Å²) in [6.07, 6.45) is 0. The molecule has 0 radical (unpaired) electrons. The van der Waals surface area contributed by atoms with Crippen LogP contribution in [0.1, 0.15) is 17.3 Å². The molecule has 15 heavy (non-hydrogen) atoms. The fourth-order valence-corrected chi connectivity index (χ4v) is 0.992. The summed E-state index contributed by atoms with van der Waals surface area (Å²) < 4.78 is 30.4. The first-order chi connectivity index (χ1) is 7.10. The molecule has 0 aliphatic heterocycles. The normalized spacial score (nSPS) is 9.87. The Morgan fingerprint density at radius 2 is 2.13 bits per heavy atom. The van der Waals surface area contributed by atoms with E-state index in [9.17, 15) is 18.8 Å². The summed E-state index contributed by atoms with van der Waals surface area (Å²) in [5, 5.41) is 10.2. The predicted molar refractivity (Wildman–Crippen MR) is 49.3 cm³/mol. The van der Waals surface area contributed by atoms with Crippen LogP contribution in [0, 0.1) is 16.8 Å². The Hall–Kier alpha value is -1.69. The highest BCUT2D eigenvalue weighted by molar-refractivity contribution is 5.90. The number of carbonyl (C=O) groups excluding carboxylic acids is 1. The number of hydrogen-bond acceptors (Lipinski definition) is 4. The van der Waals surface area contributed by atoms with Gasteiger partial charge in [-0.15, -0.1) is 0 Å². The van der Waals surface area contributed by atoms with Crippen LogP contribution in [0.2, 0.25) is 0 Å². The summed E-state index contributed by atoms with van der Waals surface area (Å²) in [6, 6.07) is 1.22. The molecule has 1 aromatic rings. The van der Waals surface area contributed by atoms with Crippen molar-refractivity contribution in [2.45, 2.75) is 6.92 Å². The number of hydrogen-bond donors (Lipinski definition) is 1. The highest BCUT2D eigenvalue weighted by Crippen LogP contribution is 2.19. The molecule has 0 spiro atoms. The Balaban J connectivity index is 3.12. The molecule has 0 heterocycles. The molecule has 4 nitrogen and oxygen atoms in total. The molecule has 6 heteroatoms. The van der Waals surface area contributed by atoms with Crippen molar-refractivity contribution in [1.82, 2.24) is 0 Å². The summed E-state index contributed by atoms with van der Waals surface area (Å²) in [5.41, 5.74) is 0.285. The van der Waals surface area contributed by atoms with Gasteiger partial charge in [-0.1, -0.05) is 0 Å². The van der Waals surface area contributed by atoms with E-state index in [-0.39, 0.29) is 6.61 Å². The summed E-state index contributed by atoms with van der Waals surface area (Å²) in [4.78, 5) is 11.1. The smallest absolute Gasteiger partial charge is 0.341 e. The summed E-state index contributed by atoms with van der Waals surface area (Å²) in [6.45, 7) is 1.61. The van der Waals surface area contributed by atoms with Crippen molar-refractivity contribution in [2.75, 3.05) is 12.1 Å². The van der Waals surface area contributed by atoms with Crippen molar-refractivity contribution in [1.29, 1.82) is 0 Å². The lowest BCUT2D eigenvalue weighted by atomic mass is 10.2. The molecule has 0 atom stereocenters. The van der Waals surface area contributed by atoms with Crippen LogP contribution in [-0.4, -0.2) is 12.6 Å². The van der Waals surface area contributed by atoms with Gasteiger partial charge in [0, 0.05) is 6.07 Å². The minimum absolute atomic E-state index is 0.0653. The van der Waals surface area contributed by atoms with E-state index in [1.807, 2.05) is 0 Å². The van der Waals surface area contributed by atoms with Gasteiger partial charge in [0.15, 0.2) is 0 Å². The second kappa shape index (κ2) is 4.70. The van der Waals surface area contributed by atoms with Gasteiger partial charge in [0.1, 0.15) is 11.6 Å². The van der Waals surface area contributed by atoms with Gasteiger partial charge in [0.25, 0.3) is 0 Å². The number of ether oxygens (including phenoxy) is 1. The maximum absolute atomic E-state index is 13.1. The van der Waals surface area contributed by atoms with Gasteiger partial charge in [-0.05, 0) is 13.0 Å². The lowest BCUT2D eigenvalue weighted by molar-refractivity contribution is 0.0521. The van der Waals surface area contributed by atoms with Crippen molar-refractivity contribution in [3.8, 4) is 0 Å². The summed E-state index contributed by atoms with van der Waals surface area (Å²) in [7, 11) is 0. The van der Waals surface area contributed by atoms with E-state index in [1.54, 1.807) is 6.92 Å². The van der Waals surface area contributed by atoms with E-state index in [1.165, 1.54) is 5.48 Å². The van der Waals surface area contributed by atoms with Gasteiger partial charge >= 0.3 is 5.97 Å². The Morgan fingerprint density at radius 1 is 1.47 bits per heavy atom. The molecule has 82 valence electrons. The molecule has 0 aliphatic carbocycles. The molecule has 0 amide bonds. The number of carbonyl (C=O) groups is 1. The van der Waals surface area contributed by atoms with Crippen LogP contribution in [0.4, 0.5) is 14.5 Å². The van der Waals surface area contributed by atoms with Crippen molar-refractivity contribution < 1.29 is 18.3 Å². The van der Waals surface area contributed by atoms with E-state index >= 15 is 0 Å². The van der Waals surface area contributed by atoms with Gasteiger partial charge in [-0.2, -0.15) is 0 Å². The first kappa shape index (κ1) is 11.4. The van der Waals surface area contributed by atoms with Gasteiger partial charge in [0.2, 0.25) is 0 Å². The Bertz CT molecular complexity index is 382. The Morgan fingerprint density at radius 3 is 2.67 bits per heavy atom. The lowest BCUT2D eigenvalue weighted by Crippen LogP contribution is -2.08. The minimum Gasteiger partial charge on any atom is -0.761 e. The maximum Gasteiger partial charge on any atom is 0.341 e. The van der Waals surface area contributed by atoms with Crippen LogP contribution in [-0.2, 0) is 4.74 Å². The van der Waals surface area contributed by atoms with E-state index < -0.39 is 28.9 Å². The third-order valence-electron chi connectivity index (χ3n) is 1.66. The van der Waals surface area contributed by atoms with Crippen molar-refractivity contribution in [3.63, 3.8) is 0 Å². The molecule has 1 rings (SSSR count).